The molecular weight excluding hydrogens is 845 g/mol. The molecule has 0 spiro atoms. The highest BCUT2D eigenvalue weighted by Crippen LogP contribution is 2.52. The maximum atomic E-state index is 2.45. The van der Waals surface area contributed by atoms with Gasteiger partial charge in [-0.1, -0.05) is 231 Å². The number of benzene rings is 12. The Balaban J connectivity index is 1.12. The smallest absolute Gasteiger partial charge is 0.0547 e. The maximum absolute atomic E-state index is 2.45. The van der Waals surface area contributed by atoms with Crippen molar-refractivity contribution in [1.82, 2.24) is 0 Å². The minimum absolute atomic E-state index is 1.07. The summed E-state index contributed by atoms with van der Waals surface area (Å²) < 4.78 is 0. The van der Waals surface area contributed by atoms with E-state index in [1.807, 2.05) is 0 Å². The highest BCUT2D eigenvalue weighted by Gasteiger charge is 2.26. The molecule has 0 saturated carbocycles. The van der Waals surface area contributed by atoms with Gasteiger partial charge in [-0.3, -0.25) is 0 Å². The van der Waals surface area contributed by atoms with Crippen LogP contribution in [0.25, 0.3) is 77.2 Å². The summed E-state index contributed by atoms with van der Waals surface area (Å²) >= 11 is 0. The highest BCUT2D eigenvalue weighted by atomic mass is 15.2. The quantitative estimate of drug-likeness (QED) is 0.128. The van der Waals surface area contributed by atoms with Crippen LogP contribution in [0.5, 0.6) is 0 Å². The van der Waals surface area contributed by atoms with Crippen LogP contribution in [0.3, 0.4) is 0 Å². The summed E-state index contributed by atoms with van der Waals surface area (Å²) in [4.78, 5) is 4.90. The van der Waals surface area contributed by atoms with Gasteiger partial charge in [0.2, 0.25) is 0 Å². The second kappa shape index (κ2) is 18.8. The van der Waals surface area contributed by atoms with Crippen LogP contribution in [0.4, 0.5) is 34.1 Å². The van der Waals surface area contributed by atoms with Crippen LogP contribution in [0.1, 0.15) is 0 Å². The van der Waals surface area contributed by atoms with Gasteiger partial charge in [-0.05, 0) is 127 Å². The normalized spacial score (nSPS) is 11.1. The zero-order valence-corrected chi connectivity index (χ0v) is 38.6. The molecule has 2 nitrogen and oxygen atoms in total. The molecule has 70 heavy (non-hydrogen) atoms. The van der Waals surface area contributed by atoms with E-state index in [9.17, 15) is 0 Å². The summed E-state index contributed by atoms with van der Waals surface area (Å²) in [7, 11) is 0. The van der Waals surface area contributed by atoms with Crippen LogP contribution in [0.2, 0.25) is 0 Å². The standard InChI is InChI=1S/C68H48N2/c1-5-17-49(18-6-1)53-29-39-59(40-30-53)69(60-41-31-54(32-42-60)50-19-7-2-8-20-50)65-47-37-57-25-13-15-27-63(57)67(65)68-64-28-16-14-26-58(64)38-48-66(68)70(61-43-33-55(34-44-61)51-21-9-3-10-22-51)62-45-35-56(36-46-62)52-23-11-4-12-24-52/h1-48H. The van der Waals surface area contributed by atoms with Crippen molar-refractivity contribution in [3.63, 3.8) is 0 Å². The third kappa shape index (κ3) is 8.19. The van der Waals surface area contributed by atoms with Gasteiger partial charge < -0.3 is 9.80 Å². The molecule has 12 aromatic carbocycles. The Morgan fingerprint density at radius 3 is 0.671 bits per heavy atom. The first kappa shape index (κ1) is 42.1. The predicted molar refractivity (Wildman–Crippen MR) is 298 cm³/mol. The lowest BCUT2D eigenvalue weighted by Crippen LogP contribution is -2.14. The van der Waals surface area contributed by atoms with Crippen LogP contribution < -0.4 is 9.80 Å². The highest BCUT2D eigenvalue weighted by molar-refractivity contribution is 6.16. The van der Waals surface area contributed by atoms with Crippen molar-refractivity contribution in [3.05, 3.63) is 291 Å². The van der Waals surface area contributed by atoms with E-state index in [0.717, 1.165) is 45.3 Å². The molecule has 2 heteroatoms. The maximum Gasteiger partial charge on any atom is 0.0547 e. The van der Waals surface area contributed by atoms with Crippen molar-refractivity contribution in [3.8, 4) is 55.6 Å². The number of nitrogens with zero attached hydrogens (tertiary/aromatic N) is 2. The molecule has 0 radical (unpaired) electrons. The van der Waals surface area contributed by atoms with Crippen molar-refractivity contribution >= 4 is 55.7 Å². The molecule has 0 aliphatic heterocycles. The van der Waals surface area contributed by atoms with E-state index in [4.69, 9.17) is 0 Å². The molecule has 330 valence electrons. The summed E-state index contributed by atoms with van der Waals surface area (Å²) in [6, 6.07) is 106. The first-order valence-corrected chi connectivity index (χ1v) is 24.0. The van der Waals surface area contributed by atoms with Gasteiger partial charge in [0, 0.05) is 33.9 Å². The molecule has 0 bridgehead atoms. The Kier molecular flexibility index (Phi) is 11.3. The van der Waals surface area contributed by atoms with E-state index in [1.165, 1.54) is 66.1 Å². The van der Waals surface area contributed by atoms with E-state index in [0.29, 0.717) is 0 Å². The van der Waals surface area contributed by atoms with E-state index in [2.05, 4.69) is 301 Å². The second-order valence-corrected chi connectivity index (χ2v) is 17.7. The average molecular weight is 893 g/mol. The predicted octanol–water partition coefficient (Wildman–Crippen LogP) is 19.3. The summed E-state index contributed by atoms with van der Waals surface area (Å²) in [5.41, 5.74) is 18.2. The fourth-order valence-corrected chi connectivity index (χ4v) is 10.0. The van der Waals surface area contributed by atoms with E-state index in [-0.39, 0.29) is 0 Å². The molecule has 0 N–H and O–H groups in total. The van der Waals surface area contributed by atoms with Crippen LogP contribution in [-0.2, 0) is 0 Å². The van der Waals surface area contributed by atoms with Crippen molar-refractivity contribution in [2.45, 2.75) is 0 Å². The zero-order valence-electron chi connectivity index (χ0n) is 38.6. The lowest BCUT2D eigenvalue weighted by molar-refractivity contribution is 1.27. The van der Waals surface area contributed by atoms with Crippen LogP contribution in [0.15, 0.2) is 291 Å². The largest absolute Gasteiger partial charge is 0.310 e. The molecule has 12 rings (SSSR count). The monoisotopic (exact) mass is 892 g/mol. The lowest BCUT2D eigenvalue weighted by atomic mass is 9.89. The minimum Gasteiger partial charge on any atom is -0.310 e. The first-order chi connectivity index (χ1) is 34.7. The summed E-state index contributed by atoms with van der Waals surface area (Å²) in [6.45, 7) is 0. The van der Waals surface area contributed by atoms with Gasteiger partial charge in [0.25, 0.3) is 0 Å². The zero-order chi connectivity index (χ0) is 46.6. The molecule has 0 atom stereocenters. The van der Waals surface area contributed by atoms with Gasteiger partial charge in [0.05, 0.1) is 11.4 Å². The molecule has 0 aromatic heterocycles. The SMILES string of the molecule is c1ccc(-c2ccc(N(c3ccc(-c4ccccc4)cc3)c3ccc4ccccc4c3-c3c(N(c4ccc(-c5ccccc5)cc4)c4ccc(-c5ccccc5)cc4)ccc4ccccc34)cc2)cc1. The van der Waals surface area contributed by atoms with Gasteiger partial charge in [0.15, 0.2) is 0 Å². The van der Waals surface area contributed by atoms with Crippen molar-refractivity contribution in [2.24, 2.45) is 0 Å². The third-order valence-electron chi connectivity index (χ3n) is 13.5. The molecule has 12 aromatic rings. The molecule has 0 aliphatic rings. The topological polar surface area (TPSA) is 6.48 Å². The lowest BCUT2D eigenvalue weighted by Gasteiger charge is -2.33. The van der Waals surface area contributed by atoms with E-state index >= 15 is 0 Å². The van der Waals surface area contributed by atoms with Gasteiger partial charge in [-0.25, -0.2) is 0 Å². The number of fused-ring (bicyclic) bond motifs is 2. The van der Waals surface area contributed by atoms with Gasteiger partial charge in [0.1, 0.15) is 0 Å². The second-order valence-electron chi connectivity index (χ2n) is 17.7. The molecule has 0 unspecified atom stereocenters. The number of hydrogen-bond acceptors (Lipinski definition) is 2. The Labute approximate surface area is 410 Å². The van der Waals surface area contributed by atoms with Crippen LogP contribution in [-0.4, -0.2) is 0 Å². The van der Waals surface area contributed by atoms with Crippen LogP contribution >= 0.6 is 0 Å². The Bertz CT molecular complexity index is 3290. The molecule has 0 heterocycles. The number of hydrogen-bond donors (Lipinski definition) is 0. The Morgan fingerprint density at radius 2 is 0.400 bits per heavy atom. The van der Waals surface area contributed by atoms with Crippen molar-refractivity contribution in [2.75, 3.05) is 9.80 Å². The number of rotatable bonds is 11. The van der Waals surface area contributed by atoms with E-state index in [1.54, 1.807) is 0 Å². The summed E-state index contributed by atoms with van der Waals surface area (Å²) in [6.07, 6.45) is 0. The molecule has 0 fully saturated rings. The molecule has 0 amide bonds. The average Bonchev–Trinajstić information content (AvgIpc) is 3.45. The van der Waals surface area contributed by atoms with Gasteiger partial charge in [-0.15, -0.1) is 0 Å². The Hall–Kier alpha value is -9.24. The van der Waals surface area contributed by atoms with Crippen molar-refractivity contribution in [1.29, 1.82) is 0 Å². The molecular formula is C68H48N2. The van der Waals surface area contributed by atoms with Crippen LogP contribution in [0, 0.1) is 0 Å². The Morgan fingerprint density at radius 1 is 0.171 bits per heavy atom. The van der Waals surface area contributed by atoms with Gasteiger partial charge >= 0.3 is 0 Å². The van der Waals surface area contributed by atoms with Crippen molar-refractivity contribution < 1.29 is 0 Å². The third-order valence-corrected chi connectivity index (χ3v) is 13.5. The fourth-order valence-electron chi connectivity index (χ4n) is 10.0. The molecule has 0 saturated heterocycles. The fraction of sp³-hybridized carbons (Fsp3) is 0. The summed E-state index contributed by atoms with van der Waals surface area (Å²) in [5, 5.41) is 4.68. The molecule has 0 aliphatic carbocycles. The minimum atomic E-state index is 1.07. The number of anilines is 6. The summed E-state index contributed by atoms with van der Waals surface area (Å²) in [5.74, 6) is 0. The first-order valence-electron chi connectivity index (χ1n) is 24.0. The van der Waals surface area contributed by atoms with Gasteiger partial charge in [-0.2, -0.15) is 0 Å². The van der Waals surface area contributed by atoms with E-state index < -0.39 is 0 Å².